The Labute approximate surface area is 127 Å². The van der Waals surface area contributed by atoms with Crippen molar-refractivity contribution >= 4 is 28.2 Å². The molecule has 2 aromatic heterocycles. The summed E-state index contributed by atoms with van der Waals surface area (Å²) in [5.41, 5.74) is 3.58. The van der Waals surface area contributed by atoms with E-state index in [0.29, 0.717) is 0 Å². The number of aromatic nitrogens is 1. The molecule has 0 saturated carbocycles. The second kappa shape index (κ2) is 6.45. The van der Waals surface area contributed by atoms with Crippen LogP contribution in [0.25, 0.3) is 10.9 Å². The second-order valence-electron chi connectivity index (χ2n) is 4.79. The molecule has 2 heterocycles. The number of nitrogens with one attached hydrogen (secondary N) is 3. The van der Waals surface area contributed by atoms with Crippen molar-refractivity contribution < 1.29 is 0 Å². The van der Waals surface area contributed by atoms with Crippen LogP contribution in [0.1, 0.15) is 11.3 Å². The number of aromatic amines is 1. The standard InChI is InChI=1S/C16H18N4S/c1-17-16(18-9-12-6-7-21-11-12)19-10-14-8-13-4-2-3-5-15(13)20-14/h2-8,11,20H,9-10H2,1H3,(H2,17,18,19). The molecule has 3 rings (SSSR count). The van der Waals surface area contributed by atoms with E-state index in [1.54, 1.807) is 18.4 Å². The van der Waals surface area contributed by atoms with E-state index in [1.165, 1.54) is 10.9 Å². The average Bonchev–Trinajstić information content (AvgIpc) is 3.16. The van der Waals surface area contributed by atoms with Crippen LogP contribution in [0.5, 0.6) is 0 Å². The maximum absolute atomic E-state index is 4.24. The van der Waals surface area contributed by atoms with Crippen LogP contribution < -0.4 is 10.6 Å². The van der Waals surface area contributed by atoms with Gasteiger partial charge in [-0.15, -0.1) is 0 Å². The first kappa shape index (κ1) is 13.7. The van der Waals surface area contributed by atoms with Gasteiger partial charge in [0.05, 0.1) is 6.54 Å². The van der Waals surface area contributed by atoms with Crippen LogP contribution in [0.4, 0.5) is 0 Å². The van der Waals surface area contributed by atoms with Crippen molar-refractivity contribution in [2.24, 2.45) is 4.99 Å². The van der Waals surface area contributed by atoms with E-state index in [1.807, 2.05) is 6.07 Å². The summed E-state index contributed by atoms with van der Waals surface area (Å²) in [6.45, 7) is 1.51. The third-order valence-electron chi connectivity index (χ3n) is 3.30. The molecule has 0 amide bonds. The molecule has 0 radical (unpaired) electrons. The number of thiophene rings is 1. The molecule has 3 N–H and O–H groups in total. The first-order chi connectivity index (χ1) is 10.3. The molecule has 0 spiro atoms. The lowest BCUT2D eigenvalue weighted by atomic mass is 10.2. The normalized spacial score (nSPS) is 11.8. The molecule has 0 aliphatic heterocycles. The highest BCUT2D eigenvalue weighted by atomic mass is 32.1. The van der Waals surface area contributed by atoms with Crippen molar-refractivity contribution in [3.8, 4) is 0 Å². The van der Waals surface area contributed by atoms with Crippen molar-refractivity contribution in [3.63, 3.8) is 0 Å². The lowest BCUT2D eigenvalue weighted by molar-refractivity contribution is 0.800. The summed E-state index contributed by atoms with van der Waals surface area (Å²) in [6, 6.07) is 12.6. The number of fused-ring (bicyclic) bond motifs is 1. The number of hydrogen-bond donors (Lipinski definition) is 3. The Morgan fingerprint density at radius 3 is 2.81 bits per heavy atom. The second-order valence-corrected chi connectivity index (χ2v) is 5.57. The summed E-state index contributed by atoms with van der Waals surface area (Å²) in [4.78, 5) is 7.64. The van der Waals surface area contributed by atoms with Crippen LogP contribution in [-0.2, 0) is 13.1 Å². The summed E-state index contributed by atoms with van der Waals surface area (Å²) in [5.74, 6) is 0.805. The molecule has 0 fully saturated rings. The van der Waals surface area contributed by atoms with E-state index in [0.717, 1.165) is 30.3 Å². The number of hydrogen-bond acceptors (Lipinski definition) is 2. The zero-order valence-electron chi connectivity index (χ0n) is 11.9. The quantitative estimate of drug-likeness (QED) is 0.512. The molecule has 1 aromatic carbocycles. The van der Waals surface area contributed by atoms with E-state index < -0.39 is 0 Å². The number of guanidine groups is 1. The predicted octanol–water partition coefficient (Wildman–Crippen LogP) is 3.09. The van der Waals surface area contributed by atoms with Crippen LogP contribution in [0.2, 0.25) is 0 Å². The Morgan fingerprint density at radius 2 is 2.05 bits per heavy atom. The minimum absolute atomic E-state index is 0.720. The van der Waals surface area contributed by atoms with Crippen molar-refractivity contribution in [1.82, 2.24) is 15.6 Å². The lowest BCUT2D eigenvalue weighted by Gasteiger charge is -2.10. The smallest absolute Gasteiger partial charge is 0.191 e. The molecule has 5 heteroatoms. The molecule has 3 aromatic rings. The first-order valence-corrected chi connectivity index (χ1v) is 7.81. The van der Waals surface area contributed by atoms with Gasteiger partial charge in [0.2, 0.25) is 0 Å². The fourth-order valence-electron chi connectivity index (χ4n) is 2.21. The highest BCUT2D eigenvalue weighted by molar-refractivity contribution is 7.07. The molecule has 0 aliphatic carbocycles. The third kappa shape index (κ3) is 3.44. The number of H-pyrrole nitrogens is 1. The topological polar surface area (TPSA) is 52.2 Å². The van der Waals surface area contributed by atoms with Gasteiger partial charge >= 0.3 is 0 Å². The summed E-state index contributed by atoms with van der Waals surface area (Å²) < 4.78 is 0. The molecule has 21 heavy (non-hydrogen) atoms. The Kier molecular flexibility index (Phi) is 4.21. The SMILES string of the molecule is CN=C(NCc1ccsc1)NCc1cc2ccccc2[nH]1. The first-order valence-electron chi connectivity index (χ1n) is 6.87. The lowest BCUT2D eigenvalue weighted by Crippen LogP contribution is -2.36. The van der Waals surface area contributed by atoms with Gasteiger partial charge in [0.25, 0.3) is 0 Å². The Balaban J connectivity index is 1.57. The minimum atomic E-state index is 0.720. The Hall–Kier alpha value is -2.27. The third-order valence-corrected chi connectivity index (χ3v) is 4.03. The van der Waals surface area contributed by atoms with Crippen LogP contribution in [0.15, 0.2) is 52.2 Å². The Morgan fingerprint density at radius 1 is 1.19 bits per heavy atom. The van der Waals surface area contributed by atoms with Crippen LogP contribution in [-0.4, -0.2) is 18.0 Å². The number of nitrogens with zero attached hydrogens (tertiary/aromatic N) is 1. The number of rotatable bonds is 4. The van der Waals surface area contributed by atoms with E-state index >= 15 is 0 Å². The van der Waals surface area contributed by atoms with Gasteiger partial charge in [0.15, 0.2) is 5.96 Å². The van der Waals surface area contributed by atoms with Crippen molar-refractivity contribution in [2.75, 3.05) is 7.05 Å². The van der Waals surface area contributed by atoms with Crippen LogP contribution in [0.3, 0.4) is 0 Å². The van der Waals surface area contributed by atoms with Gasteiger partial charge in [-0.3, -0.25) is 4.99 Å². The van der Waals surface area contributed by atoms with Gasteiger partial charge in [0, 0.05) is 24.8 Å². The minimum Gasteiger partial charge on any atom is -0.357 e. The molecule has 0 saturated heterocycles. The predicted molar refractivity (Wildman–Crippen MR) is 89.7 cm³/mol. The van der Waals surface area contributed by atoms with E-state index in [2.05, 4.69) is 61.7 Å². The highest BCUT2D eigenvalue weighted by Gasteiger charge is 2.02. The number of para-hydroxylation sites is 1. The Bertz CT molecular complexity index is 695. The molecule has 0 atom stereocenters. The van der Waals surface area contributed by atoms with Gasteiger partial charge in [-0.25, -0.2) is 0 Å². The van der Waals surface area contributed by atoms with Gasteiger partial charge in [0.1, 0.15) is 0 Å². The summed E-state index contributed by atoms with van der Waals surface area (Å²) >= 11 is 1.71. The monoisotopic (exact) mass is 298 g/mol. The molecule has 108 valence electrons. The molecule has 0 aliphatic rings. The maximum atomic E-state index is 4.24. The van der Waals surface area contributed by atoms with Gasteiger partial charge in [-0.2, -0.15) is 11.3 Å². The van der Waals surface area contributed by atoms with E-state index in [4.69, 9.17) is 0 Å². The highest BCUT2D eigenvalue weighted by Crippen LogP contribution is 2.14. The van der Waals surface area contributed by atoms with Crippen molar-refractivity contribution in [1.29, 1.82) is 0 Å². The summed E-state index contributed by atoms with van der Waals surface area (Å²) in [7, 11) is 1.79. The number of benzene rings is 1. The van der Waals surface area contributed by atoms with Crippen molar-refractivity contribution in [3.05, 3.63) is 58.4 Å². The fraction of sp³-hybridized carbons (Fsp3) is 0.188. The zero-order valence-corrected chi connectivity index (χ0v) is 12.7. The average molecular weight is 298 g/mol. The van der Waals surface area contributed by atoms with Crippen LogP contribution >= 0.6 is 11.3 Å². The van der Waals surface area contributed by atoms with Crippen molar-refractivity contribution in [2.45, 2.75) is 13.1 Å². The van der Waals surface area contributed by atoms with E-state index in [9.17, 15) is 0 Å². The molecule has 0 unspecified atom stereocenters. The summed E-state index contributed by atoms with van der Waals surface area (Å²) in [5, 5.41) is 12.1. The molecule has 0 bridgehead atoms. The number of aliphatic imine (C=N–C) groups is 1. The van der Waals surface area contributed by atoms with E-state index in [-0.39, 0.29) is 0 Å². The zero-order chi connectivity index (χ0) is 14.5. The van der Waals surface area contributed by atoms with Gasteiger partial charge < -0.3 is 15.6 Å². The molecule has 4 nitrogen and oxygen atoms in total. The molecular formula is C16H18N4S. The summed E-state index contributed by atoms with van der Waals surface area (Å²) in [6.07, 6.45) is 0. The molecular weight excluding hydrogens is 280 g/mol. The largest absolute Gasteiger partial charge is 0.357 e. The van der Waals surface area contributed by atoms with Gasteiger partial charge in [-0.05, 0) is 39.9 Å². The maximum Gasteiger partial charge on any atom is 0.191 e. The van der Waals surface area contributed by atoms with Gasteiger partial charge in [-0.1, -0.05) is 18.2 Å². The van der Waals surface area contributed by atoms with Crippen LogP contribution in [0, 0.1) is 0 Å². The fourth-order valence-corrected chi connectivity index (χ4v) is 2.88.